The number of nitrogens with zero attached hydrogens (tertiary/aromatic N) is 3. The molecule has 2 rings (SSSR count). The molecule has 0 spiro atoms. The van der Waals surface area contributed by atoms with Gasteiger partial charge in [-0.1, -0.05) is 13.0 Å². The van der Waals surface area contributed by atoms with Gasteiger partial charge in [-0.3, -0.25) is 14.8 Å². The molecule has 0 radical (unpaired) electrons. The molecule has 2 N–H and O–H groups in total. The molecule has 1 aromatic rings. The Kier molecular flexibility index (Phi) is 5.52. The highest BCUT2D eigenvalue weighted by molar-refractivity contribution is 5.17. The van der Waals surface area contributed by atoms with Gasteiger partial charge in [0.1, 0.15) is 0 Å². The lowest BCUT2D eigenvalue weighted by atomic mass is 10.1. The maximum absolute atomic E-state index is 6.00. The van der Waals surface area contributed by atoms with Crippen molar-refractivity contribution < 1.29 is 0 Å². The summed E-state index contributed by atoms with van der Waals surface area (Å²) in [5.41, 5.74) is 8.28. The molecule has 1 fully saturated rings. The van der Waals surface area contributed by atoms with Crippen molar-refractivity contribution in [3.05, 3.63) is 29.6 Å². The van der Waals surface area contributed by atoms with Crippen LogP contribution in [0.1, 0.15) is 37.1 Å². The zero-order valence-corrected chi connectivity index (χ0v) is 13.0. The maximum atomic E-state index is 6.00. The van der Waals surface area contributed by atoms with E-state index in [0.29, 0.717) is 12.6 Å². The Labute approximate surface area is 123 Å². The van der Waals surface area contributed by atoms with Gasteiger partial charge in [-0.2, -0.15) is 0 Å². The summed E-state index contributed by atoms with van der Waals surface area (Å²) in [6, 6.07) is 5.17. The summed E-state index contributed by atoms with van der Waals surface area (Å²) in [6.07, 6.45) is 4.60. The summed E-state index contributed by atoms with van der Waals surface area (Å²) in [5, 5.41) is 0. The molecule has 0 aliphatic carbocycles. The van der Waals surface area contributed by atoms with Crippen LogP contribution in [-0.4, -0.2) is 54.1 Å². The first-order valence-corrected chi connectivity index (χ1v) is 7.72. The zero-order chi connectivity index (χ0) is 14.5. The topological polar surface area (TPSA) is 45.4 Å². The maximum Gasteiger partial charge on any atom is 0.0483 e. The van der Waals surface area contributed by atoms with Crippen molar-refractivity contribution in [2.45, 2.75) is 38.8 Å². The molecule has 2 atom stereocenters. The average Bonchev–Trinajstić information content (AvgIpc) is 2.89. The summed E-state index contributed by atoms with van der Waals surface area (Å²) < 4.78 is 0. The Morgan fingerprint density at radius 3 is 2.90 bits per heavy atom. The number of likely N-dealkylation sites (N-methyl/N-ethyl adjacent to an activating group) is 2. The third-order valence-corrected chi connectivity index (χ3v) is 4.48. The largest absolute Gasteiger partial charge is 0.329 e. The lowest BCUT2D eigenvalue weighted by Gasteiger charge is -2.32. The van der Waals surface area contributed by atoms with Crippen LogP contribution >= 0.6 is 0 Å². The van der Waals surface area contributed by atoms with Gasteiger partial charge >= 0.3 is 0 Å². The van der Waals surface area contributed by atoms with Crippen LogP contribution in [0.5, 0.6) is 0 Å². The Morgan fingerprint density at radius 1 is 1.50 bits per heavy atom. The van der Waals surface area contributed by atoms with E-state index in [1.807, 2.05) is 13.1 Å². The van der Waals surface area contributed by atoms with E-state index in [-0.39, 0.29) is 6.04 Å². The highest BCUT2D eigenvalue weighted by atomic mass is 15.2. The van der Waals surface area contributed by atoms with Crippen molar-refractivity contribution in [2.75, 3.05) is 33.2 Å². The van der Waals surface area contributed by atoms with Crippen molar-refractivity contribution in [1.29, 1.82) is 0 Å². The van der Waals surface area contributed by atoms with Gasteiger partial charge in [0.05, 0.1) is 0 Å². The van der Waals surface area contributed by atoms with Gasteiger partial charge in [-0.25, -0.2) is 0 Å². The van der Waals surface area contributed by atoms with E-state index in [9.17, 15) is 0 Å². The first kappa shape index (κ1) is 15.4. The second-order valence-electron chi connectivity index (χ2n) is 5.85. The molecule has 2 heterocycles. The fourth-order valence-electron chi connectivity index (χ4n) is 3.22. The van der Waals surface area contributed by atoms with E-state index in [0.717, 1.165) is 18.8 Å². The molecule has 0 saturated carbocycles. The van der Waals surface area contributed by atoms with Crippen molar-refractivity contribution in [1.82, 2.24) is 14.8 Å². The average molecular weight is 276 g/mol. The van der Waals surface area contributed by atoms with E-state index in [1.54, 1.807) is 0 Å². The monoisotopic (exact) mass is 276 g/mol. The third kappa shape index (κ3) is 3.57. The highest BCUT2D eigenvalue weighted by Gasteiger charge is 2.26. The van der Waals surface area contributed by atoms with Crippen LogP contribution < -0.4 is 5.73 Å². The van der Waals surface area contributed by atoms with Gasteiger partial charge in [0.25, 0.3) is 0 Å². The normalized spacial score (nSPS) is 21.6. The molecule has 1 saturated heterocycles. The molecule has 1 aromatic heterocycles. The Balaban J connectivity index is 2.01. The van der Waals surface area contributed by atoms with Gasteiger partial charge in [0.2, 0.25) is 0 Å². The molecule has 112 valence electrons. The fraction of sp³-hybridized carbons (Fsp3) is 0.688. The van der Waals surface area contributed by atoms with Crippen LogP contribution in [0.15, 0.2) is 18.3 Å². The molecule has 4 nitrogen and oxygen atoms in total. The van der Waals surface area contributed by atoms with E-state index >= 15 is 0 Å². The van der Waals surface area contributed by atoms with Gasteiger partial charge < -0.3 is 5.73 Å². The smallest absolute Gasteiger partial charge is 0.0483 e. The second kappa shape index (κ2) is 7.16. The summed E-state index contributed by atoms with van der Waals surface area (Å²) >= 11 is 0. The minimum Gasteiger partial charge on any atom is -0.329 e. The number of hydrogen-bond acceptors (Lipinski definition) is 4. The van der Waals surface area contributed by atoms with Gasteiger partial charge in [0, 0.05) is 37.1 Å². The summed E-state index contributed by atoms with van der Waals surface area (Å²) in [4.78, 5) is 9.38. The van der Waals surface area contributed by atoms with E-state index in [2.05, 4.69) is 40.9 Å². The summed E-state index contributed by atoms with van der Waals surface area (Å²) in [5.74, 6) is 0. The lowest BCUT2D eigenvalue weighted by Crippen LogP contribution is -2.41. The highest BCUT2D eigenvalue weighted by Crippen LogP contribution is 2.22. The first-order valence-electron chi connectivity index (χ1n) is 7.72. The summed E-state index contributed by atoms with van der Waals surface area (Å²) in [6.45, 7) is 8.39. The number of aromatic nitrogens is 1. The number of hydrogen-bond donors (Lipinski definition) is 1. The standard InChI is InChI=1S/C16H28N4/c1-4-20-9-5-6-15(20)12-19(3)16(10-17)14-8-7-13(2)18-11-14/h7-8,11,15-16H,4-6,9-10,12,17H2,1-3H3. The van der Waals surface area contributed by atoms with Crippen molar-refractivity contribution in [3.8, 4) is 0 Å². The molecule has 0 bridgehead atoms. The van der Waals surface area contributed by atoms with E-state index in [4.69, 9.17) is 5.73 Å². The Morgan fingerprint density at radius 2 is 2.30 bits per heavy atom. The lowest BCUT2D eigenvalue weighted by molar-refractivity contribution is 0.165. The zero-order valence-electron chi connectivity index (χ0n) is 13.0. The Hall–Kier alpha value is -0.970. The minimum absolute atomic E-state index is 0.266. The molecule has 0 amide bonds. The van der Waals surface area contributed by atoms with Crippen LogP contribution in [0, 0.1) is 6.92 Å². The molecular formula is C16H28N4. The van der Waals surface area contributed by atoms with Crippen LogP contribution in [0.3, 0.4) is 0 Å². The number of likely N-dealkylation sites (tertiary alicyclic amines) is 1. The van der Waals surface area contributed by atoms with E-state index < -0.39 is 0 Å². The van der Waals surface area contributed by atoms with Crippen LogP contribution in [0.2, 0.25) is 0 Å². The van der Waals surface area contributed by atoms with Gasteiger partial charge in [-0.05, 0) is 51.5 Å². The Bertz CT molecular complexity index is 403. The van der Waals surface area contributed by atoms with E-state index in [1.165, 1.54) is 24.9 Å². The first-order chi connectivity index (χ1) is 9.65. The molecular weight excluding hydrogens is 248 g/mol. The molecule has 20 heavy (non-hydrogen) atoms. The molecule has 1 aliphatic heterocycles. The number of nitrogens with two attached hydrogens (primary N) is 1. The van der Waals surface area contributed by atoms with Crippen molar-refractivity contribution in [3.63, 3.8) is 0 Å². The van der Waals surface area contributed by atoms with Crippen LogP contribution in [0.4, 0.5) is 0 Å². The SMILES string of the molecule is CCN1CCCC1CN(C)C(CN)c1ccc(C)nc1. The molecule has 1 aliphatic rings. The number of rotatable bonds is 6. The van der Waals surface area contributed by atoms with Gasteiger partial charge in [0.15, 0.2) is 0 Å². The summed E-state index contributed by atoms with van der Waals surface area (Å²) in [7, 11) is 2.18. The van der Waals surface area contributed by atoms with Crippen molar-refractivity contribution in [2.24, 2.45) is 5.73 Å². The fourth-order valence-corrected chi connectivity index (χ4v) is 3.22. The predicted molar refractivity (Wildman–Crippen MR) is 83.7 cm³/mol. The minimum atomic E-state index is 0.266. The predicted octanol–water partition coefficient (Wildman–Crippen LogP) is 1.81. The van der Waals surface area contributed by atoms with Crippen LogP contribution in [0.25, 0.3) is 0 Å². The number of pyridine rings is 1. The molecule has 4 heteroatoms. The second-order valence-corrected chi connectivity index (χ2v) is 5.85. The molecule has 2 unspecified atom stereocenters. The third-order valence-electron chi connectivity index (χ3n) is 4.48. The van der Waals surface area contributed by atoms with Crippen molar-refractivity contribution >= 4 is 0 Å². The quantitative estimate of drug-likeness (QED) is 0.860. The molecule has 0 aromatic carbocycles. The van der Waals surface area contributed by atoms with Gasteiger partial charge in [-0.15, -0.1) is 0 Å². The van der Waals surface area contributed by atoms with Crippen LogP contribution in [-0.2, 0) is 0 Å². The number of aryl methyl sites for hydroxylation is 1.